The van der Waals surface area contributed by atoms with Crippen molar-refractivity contribution in [1.82, 2.24) is 15.5 Å². The molecule has 0 bridgehead atoms. The molecule has 25 heavy (non-hydrogen) atoms. The van der Waals surface area contributed by atoms with E-state index in [1.165, 1.54) is 0 Å². The second-order valence-electron chi connectivity index (χ2n) is 7.11. The van der Waals surface area contributed by atoms with Gasteiger partial charge in [0.05, 0.1) is 13.0 Å². The summed E-state index contributed by atoms with van der Waals surface area (Å²) in [4.78, 5) is 26.6. The maximum absolute atomic E-state index is 12.6. The summed E-state index contributed by atoms with van der Waals surface area (Å²) >= 11 is 0. The average molecular weight is 345 g/mol. The van der Waals surface area contributed by atoms with Crippen LogP contribution >= 0.6 is 0 Å². The number of nitrogens with zero attached hydrogens (tertiary/aromatic N) is 1. The van der Waals surface area contributed by atoms with E-state index in [9.17, 15) is 9.59 Å². The lowest BCUT2D eigenvalue weighted by Crippen LogP contribution is -2.51. The Morgan fingerprint density at radius 1 is 1.36 bits per heavy atom. The summed E-state index contributed by atoms with van der Waals surface area (Å²) in [7, 11) is 1.63. The standard InChI is InChI=1S/C19H27N3O3/c1-13-7-8-20-10-17(13)21-19(24)15-9-18(23)22(12-15)11-14-3-5-16(25-2)6-4-14/h3-6,13,15,17,20H,7-12H2,1-2H3,(H,21,24). The molecule has 1 aromatic rings. The van der Waals surface area contributed by atoms with Crippen LogP contribution in [-0.4, -0.2) is 49.5 Å². The number of piperidine rings is 1. The maximum Gasteiger partial charge on any atom is 0.225 e. The number of methoxy groups -OCH3 is 1. The summed E-state index contributed by atoms with van der Waals surface area (Å²) in [5, 5.41) is 6.45. The molecule has 2 heterocycles. The zero-order valence-electron chi connectivity index (χ0n) is 15.0. The van der Waals surface area contributed by atoms with E-state index in [0.29, 0.717) is 25.4 Å². The lowest BCUT2D eigenvalue weighted by atomic mass is 9.94. The highest BCUT2D eigenvalue weighted by Gasteiger charge is 2.35. The third-order valence-corrected chi connectivity index (χ3v) is 5.27. The number of ether oxygens (including phenoxy) is 1. The van der Waals surface area contributed by atoms with Gasteiger partial charge < -0.3 is 20.3 Å². The predicted molar refractivity (Wildman–Crippen MR) is 95.1 cm³/mol. The number of hydrogen-bond donors (Lipinski definition) is 2. The van der Waals surface area contributed by atoms with Gasteiger partial charge in [0.15, 0.2) is 0 Å². The summed E-state index contributed by atoms with van der Waals surface area (Å²) in [5.74, 6) is 1.07. The Hall–Kier alpha value is -2.08. The minimum atomic E-state index is -0.250. The molecule has 2 fully saturated rings. The first kappa shape index (κ1) is 17.7. The van der Waals surface area contributed by atoms with Crippen LogP contribution < -0.4 is 15.4 Å². The number of carbonyl (C=O) groups is 2. The number of benzene rings is 1. The van der Waals surface area contributed by atoms with Gasteiger partial charge >= 0.3 is 0 Å². The molecule has 1 aromatic carbocycles. The predicted octanol–water partition coefficient (Wildman–Crippen LogP) is 1.16. The van der Waals surface area contributed by atoms with Crippen LogP contribution in [0.25, 0.3) is 0 Å². The van der Waals surface area contributed by atoms with E-state index >= 15 is 0 Å². The first-order valence-electron chi connectivity index (χ1n) is 8.98. The van der Waals surface area contributed by atoms with Crippen molar-refractivity contribution in [2.45, 2.75) is 32.4 Å². The van der Waals surface area contributed by atoms with Crippen molar-refractivity contribution < 1.29 is 14.3 Å². The molecular formula is C19H27N3O3. The van der Waals surface area contributed by atoms with Crippen molar-refractivity contribution in [3.8, 4) is 5.75 Å². The third kappa shape index (κ3) is 4.31. The molecule has 2 saturated heterocycles. The molecule has 0 radical (unpaired) electrons. The van der Waals surface area contributed by atoms with Crippen LogP contribution in [0.3, 0.4) is 0 Å². The highest BCUT2D eigenvalue weighted by Crippen LogP contribution is 2.22. The second-order valence-corrected chi connectivity index (χ2v) is 7.11. The number of carbonyl (C=O) groups excluding carboxylic acids is 2. The molecule has 0 saturated carbocycles. The minimum absolute atomic E-state index is 0.00568. The molecule has 0 aromatic heterocycles. The minimum Gasteiger partial charge on any atom is -0.497 e. The molecule has 2 aliphatic heterocycles. The zero-order valence-corrected chi connectivity index (χ0v) is 15.0. The lowest BCUT2D eigenvalue weighted by Gasteiger charge is -2.31. The molecule has 6 nitrogen and oxygen atoms in total. The highest BCUT2D eigenvalue weighted by molar-refractivity contribution is 5.89. The number of hydrogen-bond acceptors (Lipinski definition) is 4. The Bertz CT molecular complexity index is 617. The Balaban J connectivity index is 1.54. The fraction of sp³-hybridized carbons (Fsp3) is 0.579. The Labute approximate surface area is 148 Å². The fourth-order valence-electron chi connectivity index (χ4n) is 3.54. The summed E-state index contributed by atoms with van der Waals surface area (Å²) in [6, 6.07) is 7.84. The van der Waals surface area contributed by atoms with Crippen LogP contribution in [0.15, 0.2) is 24.3 Å². The van der Waals surface area contributed by atoms with Gasteiger partial charge in [0.2, 0.25) is 11.8 Å². The monoisotopic (exact) mass is 345 g/mol. The summed E-state index contributed by atoms with van der Waals surface area (Å²) < 4.78 is 5.15. The molecule has 6 heteroatoms. The fourth-order valence-corrected chi connectivity index (χ4v) is 3.54. The molecule has 136 valence electrons. The van der Waals surface area contributed by atoms with Crippen LogP contribution in [0.5, 0.6) is 5.75 Å². The van der Waals surface area contributed by atoms with Gasteiger partial charge in [-0.1, -0.05) is 19.1 Å². The van der Waals surface area contributed by atoms with Gasteiger partial charge in [-0.05, 0) is 36.6 Å². The number of likely N-dealkylation sites (tertiary alicyclic amines) is 1. The van der Waals surface area contributed by atoms with E-state index in [2.05, 4.69) is 17.6 Å². The van der Waals surface area contributed by atoms with Gasteiger partial charge in [0, 0.05) is 32.1 Å². The summed E-state index contributed by atoms with van der Waals surface area (Å²) in [6.07, 6.45) is 1.37. The van der Waals surface area contributed by atoms with Crippen molar-refractivity contribution in [1.29, 1.82) is 0 Å². The topological polar surface area (TPSA) is 70.7 Å². The molecule has 3 atom stereocenters. The average Bonchev–Trinajstić information content (AvgIpc) is 2.98. The molecule has 0 aliphatic carbocycles. The lowest BCUT2D eigenvalue weighted by molar-refractivity contribution is -0.129. The van der Waals surface area contributed by atoms with Crippen LogP contribution in [0.1, 0.15) is 25.3 Å². The van der Waals surface area contributed by atoms with Crippen LogP contribution in [0, 0.1) is 11.8 Å². The highest BCUT2D eigenvalue weighted by atomic mass is 16.5. The first-order chi connectivity index (χ1) is 12.1. The largest absolute Gasteiger partial charge is 0.497 e. The van der Waals surface area contributed by atoms with Crippen molar-refractivity contribution in [2.24, 2.45) is 11.8 Å². The SMILES string of the molecule is COc1ccc(CN2CC(C(=O)NC3CNCCC3C)CC2=O)cc1. The van der Waals surface area contributed by atoms with Crippen molar-refractivity contribution >= 4 is 11.8 Å². The third-order valence-electron chi connectivity index (χ3n) is 5.27. The molecular weight excluding hydrogens is 318 g/mol. The van der Waals surface area contributed by atoms with Crippen molar-refractivity contribution in [3.63, 3.8) is 0 Å². The second kappa shape index (κ2) is 7.87. The quantitative estimate of drug-likeness (QED) is 0.840. The Morgan fingerprint density at radius 2 is 2.12 bits per heavy atom. The van der Waals surface area contributed by atoms with Gasteiger partial charge in [-0.15, -0.1) is 0 Å². The molecule has 2 aliphatic rings. The summed E-state index contributed by atoms with van der Waals surface area (Å²) in [5.41, 5.74) is 1.04. The number of rotatable bonds is 5. The van der Waals surface area contributed by atoms with E-state index in [-0.39, 0.29) is 23.8 Å². The van der Waals surface area contributed by atoms with Gasteiger partial charge in [0.25, 0.3) is 0 Å². The number of nitrogens with one attached hydrogen (secondary N) is 2. The Kier molecular flexibility index (Phi) is 5.58. The van der Waals surface area contributed by atoms with Crippen molar-refractivity contribution in [3.05, 3.63) is 29.8 Å². The van der Waals surface area contributed by atoms with Crippen LogP contribution in [0.4, 0.5) is 0 Å². The molecule has 2 amide bonds. The van der Waals surface area contributed by atoms with E-state index in [1.807, 2.05) is 24.3 Å². The molecule has 3 rings (SSSR count). The normalized spacial score (nSPS) is 26.6. The maximum atomic E-state index is 12.6. The van der Waals surface area contributed by atoms with E-state index < -0.39 is 0 Å². The van der Waals surface area contributed by atoms with E-state index in [0.717, 1.165) is 30.8 Å². The molecule has 2 N–H and O–H groups in total. The molecule has 0 spiro atoms. The van der Waals surface area contributed by atoms with E-state index in [1.54, 1.807) is 12.0 Å². The molecule has 3 unspecified atom stereocenters. The first-order valence-corrected chi connectivity index (χ1v) is 8.98. The van der Waals surface area contributed by atoms with Gasteiger partial charge in [0.1, 0.15) is 5.75 Å². The van der Waals surface area contributed by atoms with Gasteiger partial charge in [-0.25, -0.2) is 0 Å². The summed E-state index contributed by atoms with van der Waals surface area (Å²) in [6.45, 7) is 5.01. The zero-order chi connectivity index (χ0) is 17.8. The van der Waals surface area contributed by atoms with Gasteiger partial charge in [-0.3, -0.25) is 9.59 Å². The smallest absolute Gasteiger partial charge is 0.225 e. The van der Waals surface area contributed by atoms with Crippen LogP contribution in [-0.2, 0) is 16.1 Å². The van der Waals surface area contributed by atoms with Crippen LogP contribution in [0.2, 0.25) is 0 Å². The van der Waals surface area contributed by atoms with Gasteiger partial charge in [-0.2, -0.15) is 0 Å². The Morgan fingerprint density at radius 3 is 2.80 bits per heavy atom. The van der Waals surface area contributed by atoms with Crippen molar-refractivity contribution in [2.75, 3.05) is 26.7 Å². The number of amides is 2. The van der Waals surface area contributed by atoms with E-state index in [4.69, 9.17) is 4.74 Å².